The van der Waals surface area contributed by atoms with Crippen molar-refractivity contribution in [2.24, 2.45) is 22.2 Å². The molecule has 0 aliphatic heterocycles. The predicted octanol–water partition coefficient (Wildman–Crippen LogP) is -0.259. The molecule has 1 unspecified atom stereocenters. The lowest BCUT2D eigenvalue weighted by atomic mass is 10.0. The van der Waals surface area contributed by atoms with Gasteiger partial charge in [-0.1, -0.05) is 60.7 Å². The SMILES string of the molecule is NC(=O)[C@H](Cc1ccccc1)NC(=O)C(CCCN=C(N)N)NS(=O)(=O)Cc1ccccc1. The number of hydrogen-bond donors (Lipinski definition) is 5. The molecule has 0 heterocycles. The van der Waals surface area contributed by atoms with E-state index in [0.717, 1.165) is 5.56 Å². The summed E-state index contributed by atoms with van der Waals surface area (Å²) in [5.74, 6) is -1.78. The average molecular weight is 475 g/mol. The van der Waals surface area contributed by atoms with Gasteiger partial charge in [-0.3, -0.25) is 14.6 Å². The van der Waals surface area contributed by atoms with E-state index in [0.29, 0.717) is 12.0 Å². The van der Waals surface area contributed by atoms with Crippen molar-refractivity contribution in [3.63, 3.8) is 0 Å². The third-order valence-corrected chi connectivity index (χ3v) is 6.08. The van der Waals surface area contributed by atoms with Gasteiger partial charge in [0.1, 0.15) is 12.1 Å². The van der Waals surface area contributed by atoms with Crippen molar-refractivity contribution in [3.05, 3.63) is 71.8 Å². The van der Waals surface area contributed by atoms with E-state index in [1.54, 1.807) is 54.6 Å². The highest BCUT2D eigenvalue weighted by Crippen LogP contribution is 2.09. The molecular formula is C22H30N6O4S. The molecule has 2 rings (SSSR count). The van der Waals surface area contributed by atoms with E-state index in [-0.39, 0.29) is 31.1 Å². The van der Waals surface area contributed by atoms with Crippen LogP contribution in [-0.4, -0.2) is 44.8 Å². The quantitative estimate of drug-likeness (QED) is 0.151. The van der Waals surface area contributed by atoms with Crippen molar-refractivity contribution in [1.82, 2.24) is 10.0 Å². The van der Waals surface area contributed by atoms with Crippen LogP contribution in [0.1, 0.15) is 24.0 Å². The Morgan fingerprint density at radius 3 is 2.00 bits per heavy atom. The van der Waals surface area contributed by atoms with E-state index in [1.165, 1.54) is 0 Å². The summed E-state index contributed by atoms with van der Waals surface area (Å²) < 4.78 is 27.9. The average Bonchev–Trinajstić information content (AvgIpc) is 2.76. The fraction of sp³-hybridized carbons (Fsp3) is 0.318. The molecule has 0 bridgehead atoms. The van der Waals surface area contributed by atoms with Crippen LogP contribution in [0.2, 0.25) is 0 Å². The topological polar surface area (TPSA) is 183 Å². The molecule has 0 aromatic heterocycles. The summed E-state index contributed by atoms with van der Waals surface area (Å²) in [5, 5.41) is 2.58. The maximum atomic E-state index is 13.0. The van der Waals surface area contributed by atoms with Crippen LogP contribution in [0.15, 0.2) is 65.7 Å². The number of aliphatic imine (C=N–C) groups is 1. The molecule has 0 aliphatic rings. The highest BCUT2D eigenvalue weighted by molar-refractivity contribution is 7.88. The normalized spacial score (nSPS) is 13.0. The van der Waals surface area contributed by atoms with Crippen molar-refractivity contribution in [1.29, 1.82) is 0 Å². The first kappa shape index (κ1) is 25.8. The highest BCUT2D eigenvalue weighted by Gasteiger charge is 2.28. The van der Waals surface area contributed by atoms with Gasteiger partial charge in [0.15, 0.2) is 5.96 Å². The lowest BCUT2D eigenvalue weighted by molar-refractivity contribution is -0.128. The predicted molar refractivity (Wildman–Crippen MR) is 127 cm³/mol. The molecule has 0 aliphatic carbocycles. The first-order valence-corrected chi connectivity index (χ1v) is 12.0. The van der Waals surface area contributed by atoms with Crippen molar-refractivity contribution in [3.8, 4) is 0 Å². The first-order valence-electron chi connectivity index (χ1n) is 10.4. The molecule has 2 atom stereocenters. The van der Waals surface area contributed by atoms with Gasteiger partial charge in [-0.15, -0.1) is 0 Å². The van der Waals surface area contributed by atoms with Gasteiger partial charge < -0.3 is 22.5 Å². The van der Waals surface area contributed by atoms with Crippen LogP contribution in [0.3, 0.4) is 0 Å². The van der Waals surface area contributed by atoms with Crippen molar-refractivity contribution < 1.29 is 18.0 Å². The highest BCUT2D eigenvalue weighted by atomic mass is 32.2. The molecule has 0 saturated heterocycles. The Hall–Kier alpha value is -3.44. The van der Waals surface area contributed by atoms with Gasteiger partial charge in [0.2, 0.25) is 21.8 Å². The van der Waals surface area contributed by atoms with Gasteiger partial charge in [-0.2, -0.15) is 0 Å². The molecule has 0 fully saturated rings. The minimum Gasteiger partial charge on any atom is -0.370 e. The minimum absolute atomic E-state index is 0.0997. The van der Waals surface area contributed by atoms with E-state index >= 15 is 0 Å². The number of amides is 2. The first-order chi connectivity index (χ1) is 15.7. The van der Waals surface area contributed by atoms with Crippen LogP contribution in [0.4, 0.5) is 0 Å². The second-order valence-electron chi connectivity index (χ2n) is 7.52. The summed E-state index contributed by atoms with van der Waals surface area (Å²) in [6.07, 6.45) is 0.636. The Bertz CT molecular complexity index is 1040. The number of carbonyl (C=O) groups is 2. The standard InChI is InChI=1S/C22H30N6O4S/c23-20(29)19(14-16-8-3-1-4-9-16)27-21(30)18(12-7-13-26-22(24)25)28-33(31,32)15-17-10-5-2-6-11-17/h1-6,8-11,18-19,28H,7,12-15H2,(H2,23,29)(H,27,30)(H4,24,25,26)/t18?,19-/m0/s1. The monoisotopic (exact) mass is 474 g/mol. The summed E-state index contributed by atoms with van der Waals surface area (Å²) in [6.45, 7) is 0.218. The zero-order valence-electron chi connectivity index (χ0n) is 18.2. The molecule has 2 aromatic rings. The molecule has 11 heteroatoms. The van der Waals surface area contributed by atoms with Crippen molar-refractivity contribution in [2.45, 2.75) is 37.1 Å². The molecule has 0 saturated carbocycles. The Labute approximate surface area is 193 Å². The van der Waals surface area contributed by atoms with Crippen LogP contribution in [-0.2, 0) is 31.8 Å². The molecule has 178 valence electrons. The second kappa shape index (κ2) is 12.6. The maximum absolute atomic E-state index is 13.0. The maximum Gasteiger partial charge on any atom is 0.240 e. The number of hydrogen-bond acceptors (Lipinski definition) is 5. The summed E-state index contributed by atoms with van der Waals surface area (Å²) in [4.78, 5) is 28.8. The summed E-state index contributed by atoms with van der Waals surface area (Å²) in [7, 11) is -3.86. The van der Waals surface area contributed by atoms with Crippen molar-refractivity contribution >= 4 is 27.8 Å². The van der Waals surface area contributed by atoms with E-state index < -0.39 is 33.9 Å². The van der Waals surface area contributed by atoms with Crippen LogP contribution >= 0.6 is 0 Å². The van der Waals surface area contributed by atoms with E-state index in [1.807, 2.05) is 6.07 Å². The number of nitrogens with two attached hydrogens (primary N) is 3. The fourth-order valence-electron chi connectivity index (χ4n) is 3.14. The second-order valence-corrected chi connectivity index (χ2v) is 9.27. The number of guanidine groups is 1. The number of nitrogens with one attached hydrogen (secondary N) is 2. The summed E-state index contributed by atoms with van der Waals surface area (Å²) in [6, 6.07) is 15.5. The van der Waals surface area contributed by atoms with E-state index in [2.05, 4.69) is 15.0 Å². The lowest BCUT2D eigenvalue weighted by Crippen LogP contribution is -2.53. The Kier molecular flexibility index (Phi) is 9.83. The summed E-state index contributed by atoms with van der Waals surface area (Å²) in [5.41, 5.74) is 17.5. The smallest absolute Gasteiger partial charge is 0.240 e. The van der Waals surface area contributed by atoms with Crippen LogP contribution in [0.5, 0.6) is 0 Å². The van der Waals surface area contributed by atoms with E-state index in [4.69, 9.17) is 17.2 Å². The van der Waals surface area contributed by atoms with Gasteiger partial charge >= 0.3 is 0 Å². The Balaban J connectivity index is 2.13. The largest absolute Gasteiger partial charge is 0.370 e. The molecule has 0 spiro atoms. The number of rotatable bonds is 13. The van der Waals surface area contributed by atoms with Gasteiger partial charge in [-0.05, 0) is 24.0 Å². The molecular weight excluding hydrogens is 444 g/mol. The number of nitrogens with zero attached hydrogens (tertiary/aromatic N) is 1. The third kappa shape index (κ3) is 9.71. The number of primary amides is 1. The van der Waals surface area contributed by atoms with Gasteiger partial charge in [0.25, 0.3) is 0 Å². The molecule has 8 N–H and O–H groups in total. The lowest BCUT2D eigenvalue weighted by Gasteiger charge is -2.22. The van der Waals surface area contributed by atoms with Crippen LogP contribution in [0, 0.1) is 0 Å². The summed E-state index contributed by atoms with van der Waals surface area (Å²) >= 11 is 0. The van der Waals surface area contributed by atoms with Crippen molar-refractivity contribution in [2.75, 3.05) is 6.54 Å². The number of sulfonamides is 1. The van der Waals surface area contributed by atoms with Crippen LogP contribution < -0.4 is 27.2 Å². The van der Waals surface area contributed by atoms with Gasteiger partial charge in [0, 0.05) is 13.0 Å². The third-order valence-electron chi connectivity index (χ3n) is 4.73. The zero-order chi connectivity index (χ0) is 24.3. The molecule has 0 radical (unpaired) electrons. The van der Waals surface area contributed by atoms with Crippen LogP contribution in [0.25, 0.3) is 0 Å². The van der Waals surface area contributed by atoms with E-state index in [9.17, 15) is 18.0 Å². The molecule has 2 amide bonds. The number of benzene rings is 2. The Morgan fingerprint density at radius 1 is 0.879 bits per heavy atom. The molecule has 2 aromatic carbocycles. The van der Waals surface area contributed by atoms with Gasteiger partial charge in [-0.25, -0.2) is 13.1 Å². The minimum atomic E-state index is -3.86. The number of carbonyl (C=O) groups excluding carboxylic acids is 2. The Morgan fingerprint density at radius 2 is 1.45 bits per heavy atom. The zero-order valence-corrected chi connectivity index (χ0v) is 19.0. The molecule has 10 nitrogen and oxygen atoms in total. The fourth-order valence-corrected chi connectivity index (χ4v) is 4.52. The molecule has 33 heavy (non-hydrogen) atoms. The van der Waals surface area contributed by atoms with Gasteiger partial charge in [0.05, 0.1) is 5.75 Å².